The van der Waals surface area contributed by atoms with Gasteiger partial charge in [-0.2, -0.15) is 0 Å². The molecule has 0 saturated carbocycles. The van der Waals surface area contributed by atoms with Crippen LogP contribution in [-0.2, 0) is 16.1 Å². The number of rotatable bonds is 7. The van der Waals surface area contributed by atoms with Gasteiger partial charge >= 0.3 is 0 Å². The maximum atomic E-state index is 12.1. The van der Waals surface area contributed by atoms with Crippen molar-refractivity contribution in [3.05, 3.63) is 35.4 Å². The summed E-state index contributed by atoms with van der Waals surface area (Å²) in [6.07, 6.45) is -1.99. The quantitative estimate of drug-likeness (QED) is 0.553. The number of aliphatic hydroxyl groups is 2. The molecule has 2 amide bonds. The van der Waals surface area contributed by atoms with E-state index in [4.69, 9.17) is 0 Å². The summed E-state index contributed by atoms with van der Waals surface area (Å²) in [5.74, 6) is -1.48. The fourth-order valence-corrected chi connectivity index (χ4v) is 2.97. The smallest absolute Gasteiger partial charge is 0.252 e. The first-order valence-corrected chi connectivity index (χ1v) is 10.1. The van der Waals surface area contributed by atoms with E-state index in [2.05, 4.69) is 22.5 Å². The Hall–Kier alpha value is -1.96. The lowest BCUT2D eigenvalue weighted by molar-refractivity contribution is -0.146. The Balaban J connectivity index is 0.00000190. The highest BCUT2D eigenvalue weighted by Gasteiger charge is 2.31. The van der Waals surface area contributed by atoms with E-state index < -0.39 is 24.0 Å². The monoisotopic (exact) mass is 393 g/mol. The van der Waals surface area contributed by atoms with E-state index in [-0.39, 0.29) is 12.6 Å². The number of hydrogen-bond donors (Lipinski definition) is 4. The van der Waals surface area contributed by atoms with Crippen LogP contribution in [0.1, 0.15) is 44.7 Å². The minimum absolute atomic E-state index is 0.0391. The van der Waals surface area contributed by atoms with Crippen LogP contribution in [0.3, 0.4) is 0 Å². The number of aryl methyl sites for hydroxylation is 1. The standard InChI is InChI=1S/C19H29N3O4.C2H6/c1-3-22-10-8-15(9-11-22)21-19(26)17(24)16(23)18(25)20-12-14-6-4-13(2)5-7-14;1-2/h4-7,15-17,23-24H,3,8-12H2,1-2H3,(H,20,25)(H,21,26);1-2H3. The summed E-state index contributed by atoms with van der Waals surface area (Å²) in [6, 6.07) is 7.54. The zero-order valence-electron chi connectivity index (χ0n) is 17.4. The molecule has 0 aromatic heterocycles. The molecule has 2 rings (SSSR count). The predicted octanol–water partition coefficient (Wildman–Crippen LogP) is 0.960. The number of hydrogen-bond acceptors (Lipinski definition) is 5. The predicted molar refractivity (Wildman–Crippen MR) is 110 cm³/mol. The van der Waals surface area contributed by atoms with Crippen molar-refractivity contribution in [2.45, 2.75) is 65.3 Å². The molecule has 0 aliphatic carbocycles. The van der Waals surface area contributed by atoms with Crippen LogP contribution in [-0.4, -0.2) is 64.8 Å². The normalized spacial score (nSPS) is 17.1. The fraction of sp³-hybridized carbons (Fsp3) is 0.619. The van der Waals surface area contributed by atoms with Crippen LogP contribution in [0.25, 0.3) is 0 Å². The Bertz CT molecular complexity index is 598. The van der Waals surface area contributed by atoms with Crippen LogP contribution in [0.5, 0.6) is 0 Å². The van der Waals surface area contributed by atoms with Gasteiger partial charge in [0, 0.05) is 25.7 Å². The zero-order valence-corrected chi connectivity index (χ0v) is 17.4. The molecule has 1 aliphatic heterocycles. The second kappa shape index (κ2) is 12.5. The summed E-state index contributed by atoms with van der Waals surface area (Å²) >= 11 is 0. The lowest BCUT2D eigenvalue weighted by Gasteiger charge is -2.32. The molecule has 2 atom stereocenters. The molecule has 1 heterocycles. The van der Waals surface area contributed by atoms with Crippen LogP contribution >= 0.6 is 0 Å². The lowest BCUT2D eigenvalue weighted by atomic mass is 10.0. The van der Waals surface area contributed by atoms with Gasteiger partial charge in [-0.25, -0.2) is 0 Å². The Labute approximate surface area is 168 Å². The van der Waals surface area contributed by atoms with E-state index >= 15 is 0 Å². The molecule has 1 aliphatic rings. The Morgan fingerprint density at radius 3 is 2.14 bits per heavy atom. The van der Waals surface area contributed by atoms with Crippen LogP contribution in [0.2, 0.25) is 0 Å². The SMILES string of the molecule is CC.CCN1CCC(NC(=O)C(O)C(O)C(=O)NCc2ccc(C)cc2)CC1. The first-order chi connectivity index (χ1) is 13.4. The van der Waals surface area contributed by atoms with E-state index in [1.165, 1.54) is 0 Å². The summed E-state index contributed by atoms with van der Waals surface area (Å²) in [4.78, 5) is 26.4. The highest BCUT2D eigenvalue weighted by atomic mass is 16.3. The second-order valence-corrected chi connectivity index (χ2v) is 6.81. The highest BCUT2D eigenvalue weighted by molar-refractivity contribution is 5.90. The zero-order chi connectivity index (χ0) is 21.1. The molecular weight excluding hydrogens is 358 g/mol. The van der Waals surface area contributed by atoms with Crippen molar-refractivity contribution in [2.24, 2.45) is 0 Å². The van der Waals surface area contributed by atoms with Gasteiger partial charge in [0.25, 0.3) is 11.8 Å². The lowest BCUT2D eigenvalue weighted by Crippen LogP contribution is -2.53. The fourth-order valence-electron chi connectivity index (χ4n) is 2.97. The first-order valence-electron chi connectivity index (χ1n) is 10.1. The number of aliphatic hydroxyl groups excluding tert-OH is 2. The van der Waals surface area contributed by atoms with Crippen molar-refractivity contribution in [3.8, 4) is 0 Å². The molecule has 158 valence electrons. The Kier molecular flexibility index (Phi) is 10.7. The average Bonchev–Trinajstić information content (AvgIpc) is 2.74. The van der Waals surface area contributed by atoms with Gasteiger partial charge in [-0.1, -0.05) is 50.6 Å². The molecule has 1 saturated heterocycles. The second-order valence-electron chi connectivity index (χ2n) is 6.81. The summed E-state index contributed by atoms with van der Waals surface area (Å²) in [5.41, 5.74) is 1.98. The van der Waals surface area contributed by atoms with E-state index in [0.29, 0.717) is 0 Å². The molecule has 2 unspecified atom stereocenters. The molecule has 0 radical (unpaired) electrons. The molecular formula is C21H35N3O4. The van der Waals surface area contributed by atoms with Crippen molar-refractivity contribution in [3.63, 3.8) is 0 Å². The van der Waals surface area contributed by atoms with Gasteiger partial charge in [0.2, 0.25) is 0 Å². The van der Waals surface area contributed by atoms with Gasteiger partial charge in [0.05, 0.1) is 0 Å². The number of benzene rings is 1. The molecule has 28 heavy (non-hydrogen) atoms. The third-order valence-electron chi connectivity index (χ3n) is 4.80. The number of carbonyl (C=O) groups excluding carboxylic acids is 2. The third-order valence-corrected chi connectivity index (χ3v) is 4.80. The van der Waals surface area contributed by atoms with Crippen LogP contribution < -0.4 is 10.6 Å². The number of carbonyl (C=O) groups is 2. The van der Waals surface area contributed by atoms with Crippen molar-refractivity contribution in [2.75, 3.05) is 19.6 Å². The summed E-state index contributed by atoms with van der Waals surface area (Å²) in [6.45, 7) is 11.0. The van der Waals surface area contributed by atoms with Crippen molar-refractivity contribution < 1.29 is 19.8 Å². The maximum absolute atomic E-state index is 12.1. The minimum Gasteiger partial charge on any atom is -0.380 e. The third kappa shape index (κ3) is 7.58. The average molecular weight is 394 g/mol. The minimum atomic E-state index is -1.80. The molecule has 0 spiro atoms. The summed E-state index contributed by atoms with van der Waals surface area (Å²) < 4.78 is 0. The van der Waals surface area contributed by atoms with Crippen molar-refractivity contribution in [1.29, 1.82) is 0 Å². The molecule has 1 aromatic carbocycles. The van der Waals surface area contributed by atoms with Crippen LogP contribution in [0, 0.1) is 6.92 Å². The highest BCUT2D eigenvalue weighted by Crippen LogP contribution is 2.10. The van der Waals surface area contributed by atoms with Gasteiger partial charge in [0.1, 0.15) is 0 Å². The number of amides is 2. The molecule has 1 aromatic rings. The molecule has 0 bridgehead atoms. The molecule has 7 nitrogen and oxygen atoms in total. The van der Waals surface area contributed by atoms with Gasteiger partial charge < -0.3 is 25.7 Å². The number of nitrogens with one attached hydrogen (secondary N) is 2. The topological polar surface area (TPSA) is 102 Å². The first kappa shape index (κ1) is 24.1. The van der Waals surface area contributed by atoms with Gasteiger partial charge in [-0.05, 0) is 31.9 Å². The van der Waals surface area contributed by atoms with E-state index in [1.807, 2.05) is 45.0 Å². The summed E-state index contributed by atoms with van der Waals surface area (Å²) in [5, 5.41) is 25.2. The van der Waals surface area contributed by atoms with Crippen LogP contribution in [0.4, 0.5) is 0 Å². The molecule has 7 heteroatoms. The number of piperidine rings is 1. The Morgan fingerprint density at radius 2 is 1.61 bits per heavy atom. The molecule has 4 N–H and O–H groups in total. The summed E-state index contributed by atoms with van der Waals surface area (Å²) in [7, 11) is 0. The van der Waals surface area contributed by atoms with Gasteiger partial charge in [-0.3, -0.25) is 9.59 Å². The maximum Gasteiger partial charge on any atom is 0.252 e. The molecule has 1 fully saturated rings. The number of nitrogens with zero attached hydrogens (tertiary/aromatic N) is 1. The Morgan fingerprint density at radius 1 is 1.07 bits per heavy atom. The van der Waals surface area contributed by atoms with E-state index in [0.717, 1.165) is 43.6 Å². The number of likely N-dealkylation sites (tertiary alicyclic amines) is 1. The van der Waals surface area contributed by atoms with Gasteiger partial charge in [0.15, 0.2) is 12.2 Å². The van der Waals surface area contributed by atoms with Crippen LogP contribution in [0.15, 0.2) is 24.3 Å². The van der Waals surface area contributed by atoms with Gasteiger partial charge in [-0.15, -0.1) is 0 Å². The van der Waals surface area contributed by atoms with Crippen molar-refractivity contribution >= 4 is 11.8 Å². The van der Waals surface area contributed by atoms with Crippen molar-refractivity contribution in [1.82, 2.24) is 15.5 Å². The van der Waals surface area contributed by atoms with E-state index in [9.17, 15) is 19.8 Å². The van der Waals surface area contributed by atoms with E-state index in [1.54, 1.807) is 0 Å². The largest absolute Gasteiger partial charge is 0.380 e.